The maximum absolute atomic E-state index is 13.5. The predicted molar refractivity (Wildman–Crippen MR) is 88.8 cm³/mol. The lowest BCUT2D eigenvalue weighted by Crippen LogP contribution is -2.37. The third kappa shape index (κ3) is 2.83. The second-order valence-corrected chi connectivity index (χ2v) is 7.40. The first-order valence-corrected chi connectivity index (χ1v) is 8.67. The first-order valence-electron chi connectivity index (χ1n) is 8.67. The molecule has 2 amide bonds. The molecule has 6 heteroatoms. The van der Waals surface area contributed by atoms with Gasteiger partial charge in [0.1, 0.15) is 0 Å². The lowest BCUT2D eigenvalue weighted by molar-refractivity contribution is -0.134. The molecule has 4 rings (SSSR count). The third-order valence-corrected chi connectivity index (χ3v) is 5.64. The number of halogens is 2. The number of hydrogen-bond donors (Lipinski definition) is 0. The smallest absolute Gasteiger partial charge is 0.227 e. The van der Waals surface area contributed by atoms with Crippen molar-refractivity contribution >= 4 is 17.5 Å². The molecule has 1 spiro atoms. The summed E-state index contributed by atoms with van der Waals surface area (Å²) in [6.45, 7) is 1.67. The zero-order valence-electron chi connectivity index (χ0n) is 13.9. The van der Waals surface area contributed by atoms with Gasteiger partial charge in [-0.25, -0.2) is 8.78 Å². The third-order valence-electron chi connectivity index (χ3n) is 5.64. The summed E-state index contributed by atoms with van der Waals surface area (Å²) in [5.41, 5.74) is 0.106. The van der Waals surface area contributed by atoms with Gasteiger partial charge >= 0.3 is 0 Å². The minimum Gasteiger partial charge on any atom is -0.342 e. The second-order valence-electron chi connectivity index (χ2n) is 7.40. The van der Waals surface area contributed by atoms with Crippen molar-refractivity contribution in [2.75, 3.05) is 24.5 Å². The van der Waals surface area contributed by atoms with Crippen LogP contribution in [-0.2, 0) is 9.59 Å². The molecular formula is C19H20F2N2O2. The Bertz CT molecular complexity index is 756. The zero-order valence-corrected chi connectivity index (χ0v) is 13.9. The van der Waals surface area contributed by atoms with Crippen molar-refractivity contribution in [3.63, 3.8) is 0 Å². The van der Waals surface area contributed by atoms with Gasteiger partial charge in [-0.1, -0.05) is 12.2 Å². The molecule has 3 aliphatic rings. The number of allylic oxidation sites excluding steroid dienone is 2. The van der Waals surface area contributed by atoms with E-state index in [0.29, 0.717) is 31.7 Å². The Kier molecular flexibility index (Phi) is 3.85. The number of anilines is 1. The average molecular weight is 346 g/mol. The average Bonchev–Trinajstić information content (AvgIpc) is 3.31. The van der Waals surface area contributed by atoms with Gasteiger partial charge in [-0.2, -0.15) is 0 Å². The molecule has 0 aromatic heterocycles. The monoisotopic (exact) mass is 346 g/mol. The highest BCUT2D eigenvalue weighted by Crippen LogP contribution is 2.42. The number of rotatable bonds is 2. The molecule has 2 heterocycles. The molecule has 2 fully saturated rings. The first kappa shape index (κ1) is 16.2. The summed E-state index contributed by atoms with van der Waals surface area (Å²) in [6, 6.07) is 3.53. The normalized spacial score (nSPS) is 26.4. The summed E-state index contributed by atoms with van der Waals surface area (Å²) < 4.78 is 26.6. The van der Waals surface area contributed by atoms with E-state index in [-0.39, 0.29) is 23.1 Å². The van der Waals surface area contributed by atoms with Crippen molar-refractivity contribution < 1.29 is 18.4 Å². The molecule has 132 valence electrons. The summed E-state index contributed by atoms with van der Waals surface area (Å²) >= 11 is 0. The van der Waals surface area contributed by atoms with Gasteiger partial charge in [0, 0.05) is 49.1 Å². The van der Waals surface area contributed by atoms with Crippen molar-refractivity contribution in [2.45, 2.75) is 25.7 Å². The summed E-state index contributed by atoms with van der Waals surface area (Å²) in [6.07, 6.45) is 6.78. The Morgan fingerprint density at radius 1 is 1.12 bits per heavy atom. The van der Waals surface area contributed by atoms with Crippen LogP contribution in [0.4, 0.5) is 14.5 Å². The highest BCUT2D eigenvalue weighted by atomic mass is 19.2. The van der Waals surface area contributed by atoms with Gasteiger partial charge in [0.05, 0.1) is 0 Å². The van der Waals surface area contributed by atoms with Crippen LogP contribution in [0.1, 0.15) is 25.7 Å². The quantitative estimate of drug-likeness (QED) is 0.773. The summed E-state index contributed by atoms with van der Waals surface area (Å²) in [4.78, 5) is 28.5. The highest BCUT2D eigenvalue weighted by molar-refractivity contribution is 5.96. The van der Waals surface area contributed by atoms with E-state index in [9.17, 15) is 18.4 Å². The molecule has 1 aromatic carbocycles. The minimum absolute atomic E-state index is 0.0366. The van der Waals surface area contributed by atoms with E-state index in [1.165, 1.54) is 11.0 Å². The molecular weight excluding hydrogens is 326 g/mol. The Morgan fingerprint density at radius 2 is 1.88 bits per heavy atom. The molecule has 1 atom stereocenters. The molecule has 4 nitrogen and oxygen atoms in total. The van der Waals surface area contributed by atoms with Crippen molar-refractivity contribution in [1.82, 2.24) is 4.90 Å². The van der Waals surface area contributed by atoms with Gasteiger partial charge in [-0.15, -0.1) is 0 Å². The summed E-state index contributed by atoms with van der Waals surface area (Å²) in [5.74, 6) is -1.77. The van der Waals surface area contributed by atoms with E-state index in [2.05, 4.69) is 0 Å². The molecule has 2 saturated heterocycles. The number of amides is 2. The number of carbonyl (C=O) groups is 2. The van der Waals surface area contributed by atoms with Gasteiger partial charge in [0.25, 0.3) is 0 Å². The lowest BCUT2D eigenvalue weighted by Gasteiger charge is -2.25. The van der Waals surface area contributed by atoms with Crippen LogP contribution >= 0.6 is 0 Å². The molecule has 1 unspecified atom stereocenters. The van der Waals surface area contributed by atoms with E-state index >= 15 is 0 Å². The Balaban J connectivity index is 1.48. The van der Waals surface area contributed by atoms with Gasteiger partial charge in [-0.05, 0) is 31.4 Å². The van der Waals surface area contributed by atoms with Crippen molar-refractivity contribution in [3.05, 3.63) is 42.0 Å². The highest BCUT2D eigenvalue weighted by Gasteiger charge is 2.49. The van der Waals surface area contributed by atoms with Gasteiger partial charge in [-0.3, -0.25) is 9.59 Å². The molecule has 0 radical (unpaired) electrons. The van der Waals surface area contributed by atoms with Crippen LogP contribution in [0.5, 0.6) is 0 Å². The molecule has 2 aliphatic heterocycles. The minimum atomic E-state index is -0.955. The summed E-state index contributed by atoms with van der Waals surface area (Å²) in [5, 5.41) is 0. The number of benzene rings is 1. The van der Waals surface area contributed by atoms with Crippen molar-refractivity contribution in [3.8, 4) is 0 Å². The van der Waals surface area contributed by atoms with E-state index < -0.39 is 11.6 Å². The molecule has 1 aliphatic carbocycles. The van der Waals surface area contributed by atoms with E-state index in [0.717, 1.165) is 31.4 Å². The fraction of sp³-hybridized carbons (Fsp3) is 0.474. The first-order chi connectivity index (χ1) is 12.0. The van der Waals surface area contributed by atoms with E-state index in [1.807, 2.05) is 17.1 Å². The Morgan fingerprint density at radius 3 is 2.60 bits per heavy atom. The molecule has 25 heavy (non-hydrogen) atoms. The van der Waals surface area contributed by atoms with Gasteiger partial charge in [0.2, 0.25) is 11.8 Å². The lowest BCUT2D eigenvalue weighted by atomic mass is 9.86. The van der Waals surface area contributed by atoms with Crippen LogP contribution in [0, 0.1) is 23.0 Å². The number of carbonyl (C=O) groups excluding carboxylic acids is 2. The van der Waals surface area contributed by atoms with E-state index in [4.69, 9.17) is 0 Å². The van der Waals surface area contributed by atoms with Crippen LogP contribution in [-0.4, -0.2) is 36.3 Å². The number of nitrogens with zero attached hydrogens (tertiary/aromatic N) is 2. The molecule has 0 bridgehead atoms. The van der Waals surface area contributed by atoms with E-state index in [1.54, 1.807) is 0 Å². The molecule has 0 N–H and O–H groups in total. The number of hydrogen-bond acceptors (Lipinski definition) is 2. The Hall–Kier alpha value is -2.24. The second kappa shape index (κ2) is 5.93. The van der Waals surface area contributed by atoms with Crippen LogP contribution in [0.25, 0.3) is 0 Å². The standard InChI is InChI=1S/C19H20F2N2O2/c20-15-6-5-14(9-16(15)21)23-12-19(10-17(23)24)7-8-22(11-19)18(25)13-3-1-2-4-13/h1-2,5-6,9,13H,3-4,7-8,10-12H2. The molecule has 1 aromatic rings. The van der Waals surface area contributed by atoms with Crippen molar-refractivity contribution in [2.24, 2.45) is 11.3 Å². The maximum atomic E-state index is 13.5. The van der Waals surface area contributed by atoms with Crippen LogP contribution < -0.4 is 4.90 Å². The van der Waals surface area contributed by atoms with Gasteiger partial charge < -0.3 is 9.80 Å². The topological polar surface area (TPSA) is 40.6 Å². The fourth-order valence-corrected chi connectivity index (χ4v) is 4.26. The fourth-order valence-electron chi connectivity index (χ4n) is 4.26. The largest absolute Gasteiger partial charge is 0.342 e. The SMILES string of the molecule is O=C(C1CC=CC1)N1CCC2(CC(=O)N(c3ccc(F)c(F)c3)C2)C1. The Labute approximate surface area is 145 Å². The number of likely N-dealkylation sites (tertiary alicyclic amines) is 1. The molecule has 0 saturated carbocycles. The van der Waals surface area contributed by atoms with Crippen LogP contribution in [0.15, 0.2) is 30.4 Å². The maximum Gasteiger partial charge on any atom is 0.227 e. The van der Waals surface area contributed by atoms with Crippen LogP contribution in [0.2, 0.25) is 0 Å². The van der Waals surface area contributed by atoms with Crippen LogP contribution in [0.3, 0.4) is 0 Å². The van der Waals surface area contributed by atoms with Crippen molar-refractivity contribution in [1.29, 1.82) is 0 Å². The van der Waals surface area contributed by atoms with Gasteiger partial charge in [0.15, 0.2) is 11.6 Å². The zero-order chi connectivity index (χ0) is 17.6. The summed E-state index contributed by atoms with van der Waals surface area (Å²) in [7, 11) is 0. The predicted octanol–water partition coefficient (Wildman–Crippen LogP) is 2.89.